The van der Waals surface area contributed by atoms with Crippen LogP contribution in [-0.4, -0.2) is 49.4 Å². The monoisotopic (exact) mass is 430 g/mol. The van der Waals surface area contributed by atoms with Crippen LogP contribution in [0, 0.1) is 0 Å². The molecule has 0 spiro atoms. The molecule has 152 valence electrons. The molecule has 2 saturated heterocycles. The highest BCUT2D eigenvalue weighted by Crippen LogP contribution is 2.43. The van der Waals surface area contributed by atoms with Crippen molar-refractivity contribution in [3.8, 4) is 5.75 Å². The van der Waals surface area contributed by atoms with E-state index in [1.807, 2.05) is 59.5 Å². The van der Waals surface area contributed by atoms with Crippen molar-refractivity contribution in [2.24, 2.45) is 4.99 Å². The highest BCUT2D eigenvalue weighted by Gasteiger charge is 2.49. The van der Waals surface area contributed by atoms with E-state index in [4.69, 9.17) is 4.74 Å². The Kier molecular flexibility index (Phi) is 5.65. The third kappa shape index (κ3) is 4.33. The van der Waals surface area contributed by atoms with Crippen molar-refractivity contribution in [2.45, 2.75) is 24.1 Å². The molecule has 4 rings (SSSR count). The third-order valence-corrected chi connectivity index (χ3v) is 8.31. The highest BCUT2D eigenvalue weighted by molar-refractivity contribution is 8.16. The number of thioether (sulfide) groups is 1. The van der Waals surface area contributed by atoms with Crippen LogP contribution in [-0.2, 0) is 21.1 Å². The molecule has 1 amide bonds. The SMILES string of the molecule is COc1ccccc1N1C(=NC(=O)CCc2ccccc2)S[C@@H]2CS(=O)(=O)C[C@@H]21. The lowest BCUT2D eigenvalue weighted by atomic mass is 10.1. The Labute approximate surface area is 174 Å². The van der Waals surface area contributed by atoms with Crippen molar-refractivity contribution in [3.05, 3.63) is 60.2 Å². The summed E-state index contributed by atoms with van der Waals surface area (Å²) in [4.78, 5) is 18.8. The number of amidine groups is 1. The summed E-state index contributed by atoms with van der Waals surface area (Å²) in [6.07, 6.45) is 0.929. The quantitative estimate of drug-likeness (QED) is 0.726. The number of aliphatic imine (C=N–C) groups is 1. The minimum atomic E-state index is -3.11. The fraction of sp³-hybridized carbons (Fsp3) is 0.333. The number of carbonyl (C=O) groups excluding carboxylic acids is 1. The van der Waals surface area contributed by atoms with E-state index in [0.717, 1.165) is 11.3 Å². The van der Waals surface area contributed by atoms with Gasteiger partial charge in [0.25, 0.3) is 0 Å². The number of methoxy groups -OCH3 is 1. The van der Waals surface area contributed by atoms with Crippen LogP contribution < -0.4 is 9.64 Å². The molecule has 0 radical (unpaired) electrons. The van der Waals surface area contributed by atoms with E-state index in [-0.39, 0.29) is 28.7 Å². The number of rotatable bonds is 5. The molecule has 2 aromatic rings. The van der Waals surface area contributed by atoms with Gasteiger partial charge in [0.2, 0.25) is 5.91 Å². The van der Waals surface area contributed by atoms with Gasteiger partial charge in [-0.25, -0.2) is 8.42 Å². The molecule has 29 heavy (non-hydrogen) atoms. The van der Waals surface area contributed by atoms with Gasteiger partial charge in [-0.15, -0.1) is 0 Å². The standard InChI is InChI=1S/C21H22N2O4S2/c1-27-18-10-6-5-9-16(18)23-17-13-29(25,26)14-19(17)28-21(23)22-20(24)12-11-15-7-3-2-4-8-15/h2-10,17,19H,11-14H2,1H3/t17-,19+/m0/s1. The number of carbonyl (C=O) groups is 1. The van der Waals surface area contributed by atoms with Crippen LogP contribution in [0.5, 0.6) is 5.75 Å². The van der Waals surface area contributed by atoms with E-state index in [1.54, 1.807) is 7.11 Å². The van der Waals surface area contributed by atoms with Crippen molar-refractivity contribution >= 4 is 38.4 Å². The molecule has 6 nitrogen and oxygen atoms in total. The molecule has 2 atom stereocenters. The number of sulfone groups is 1. The molecule has 2 aliphatic heterocycles. The fourth-order valence-corrected chi connectivity index (χ4v) is 7.66. The van der Waals surface area contributed by atoms with E-state index in [1.165, 1.54) is 11.8 Å². The molecular weight excluding hydrogens is 408 g/mol. The summed E-state index contributed by atoms with van der Waals surface area (Å²) in [7, 11) is -1.53. The largest absolute Gasteiger partial charge is 0.495 e. The number of nitrogens with zero attached hydrogens (tertiary/aromatic N) is 2. The zero-order valence-electron chi connectivity index (χ0n) is 16.0. The minimum absolute atomic E-state index is 0.0555. The summed E-state index contributed by atoms with van der Waals surface area (Å²) < 4.78 is 29.8. The summed E-state index contributed by atoms with van der Waals surface area (Å²) in [5, 5.41) is 0.419. The molecule has 8 heteroatoms. The molecule has 2 fully saturated rings. The number of hydrogen-bond donors (Lipinski definition) is 0. The van der Waals surface area contributed by atoms with Crippen molar-refractivity contribution < 1.29 is 17.9 Å². The average Bonchev–Trinajstić information content (AvgIpc) is 3.17. The molecular formula is C21H22N2O4S2. The fourth-order valence-electron chi connectivity index (χ4n) is 3.73. The van der Waals surface area contributed by atoms with E-state index in [2.05, 4.69) is 4.99 Å². The van der Waals surface area contributed by atoms with Crippen molar-refractivity contribution in [2.75, 3.05) is 23.5 Å². The number of aryl methyl sites for hydroxylation is 1. The van der Waals surface area contributed by atoms with Crippen LogP contribution in [0.25, 0.3) is 0 Å². The lowest BCUT2D eigenvalue weighted by molar-refractivity contribution is -0.117. The Hall–Kier alpha value is -2.32. The van der Waals surface area contributed by atoms with Crippen LogP contribution in [0.4, 0.5) is 5.69 Å². The molecule has 0 unspecified atom stereocenters. The van der Waals surface area contributed by atoms with Crippen LogP contribution >= 0.6 is 11.8 Å². The van der Waals surface area contributed by atoms with Crippen molar-refractivity contribution in [1.82, 2.24) is 0 Å². The van der Waals surface area contributed by atoms with Gasteiger partial charge in [0, 0.05) is 11.7 Å². The van der Waals surface area contributed by atoms with Gasteiger partial charge >= 0.3 is 0 Å². The van der Waals surface area contributed by atoms with Gasteiger partial charge < -0.3 is 9.64 Å². The Morgan fingerprint density at radius 2 is 1.86 bits per heavy atom. The van der Waals surface area contributed by atoms with Crippen LogP contribution in [0.15, 0.2) is 59.6 Å². The second kappa shape index (κ2) is 8.20. The van der Waals surface area contributed by atoms with E-state index in [0.29, 0.717) is 23.8 Å². The number of anilines is 1. The summed E-state index contributed by atoms with van der Waals surface area (Å²) in [6, 6.07) is 17.0. The number of para-hydroxylation sites is 2. The predicted molar refractivity (Wildman–Crippen MR) is 116 cm³/mol. The Morgan fingerprint density at radius 3 is 2.62 bits per heavy atom. The number of amides is 1. The molecule has 2 heterocycles. The van der Waals surface area contributed by atoms with Gasteiger partial charge in [0.15, 0.2) is 15.0 Å². The molecule has 0 bridgehead atoms. The molecule has 2 aromatic carbocycles. The predicted octanol–water partition coefficient (Wildman–Crippen LogP) is 2.93. The van der Waals surface area contributed by atoms with E-state index >= 15 is 0 Å². The number of fused-ring (bicyclic) bond motifs is 1. The maximum Gasteiger partial charge on any atom is 0.248 e. The normalized spacial score (nSPS) is 23.9. The van der Waals surface area contributed by atoms with Gasteiger partial charge in [0.05, 0.1) is 30.3 Å². The number of ether oxygens (including phenoxy) is 1. The molecule has 0 saturated carbocycles. The first kappa shape index (κ1) is 20.0. The van der Waals surface area contributed by atoms with Gasteiger partial charge in [-0.1, -0.05) is 54.2 Å². The molecule has 2 aliphatic rings. The Morgan fingerprint density at radius 1 is 1.14 bits per heavy atom. The van der Waals surface area contributed by atoms with Crippen LogP contribution in [0.1, 0.15) is 12.0 Å². The van der Waals surface area contributed by atoms with E-state index in [9.17, 15) is 13.2 Å². The molecule has 0 N–H and O–H groups in total. The maximum absolute atomic E-state index is 12.6. The number of hydrogen-bond acceptors (Lipinski definition) is 5. The molecule has 0 aliphatic carbocycles. The maximum atomic E-state index is 12.6. The Balaban J connectivity index is 1.61. The van der Waals surface area contributed by atoms with Gasteiger partial charge in [-0.2, -0.15) is 4.99 Å². The average molecular weight is 431 g/mol. The topological polar surface area (TPSA) is 76.0 Å². The van der Waals surface area contributed by atoms with Crippen LogP contribution in [0.3, 0.4) is 0 Å². The first-order valence-corrected chi connectivity index (χ1v) is 12.1. The van der Waals surface area contributed by atoms with Gasteiger partial charge in [-0.05, 0) is 24.1 Å². The van der Waals surface area contributed by atoms with E-state index < -0.39 is 9.84 Å². The molecule has 0 aromatic heterocycles. The third-order valence-electron chi connectivity index (χ3n) is 5.10. The van der Waals surface area contributed by atoms with Crippen LogP contribution in [0.2, 0.25) is 0 Å². The van der Waals surface area contributed by atoms with Gasteiger partial charge in [-0.3, -0.25) is 4.79 Å². The minimum Gasteiger partial charge on any atom is -0.495 e. The first-order valence-electron chi connectivity index (χ1n) is 9.41. The summed E-state index contributed by atoms with van der Waals surface area (Å²) in [6.45, 7) is 0. The Bertz CT molecular complexity index is 1040. The summed E-state index contributed by atoms with van der Waals surface area (Å²) >= 11 is 1.38. The summed E-state index contributed by atoms with van der Waals surface area (Å²) in [5.74, 6) is 0.576. The zero-order chi connectivity index (χ0) is 20.4. The lowest BCUT2D eigenvalue weighted by Crippen LogP contribution is -2.38. The van der Waals surface area contributed by atoms with Crippen molar-refractivity contribution in [1.29, 1.82) is 0 Å². The number of benzene rings is 2. The second-order valence-electron chi connectivity index (χ2n) is 7.12. The first-order chi connectivity index (χ1) is 14.0. The van der Waals surface area contributed by atoms with Crippen molar-refractivity contribution in [3.63, 3.8) is 0 Å². The lowest BCUT2D eigenvalue weighted by Gasteiger charge is -2.26. The second-order valence-corrected chi connectivity index (χ2v) is 10.5. The van der Waals surface area contributed by atoms with Gasteiger partial charge in [0.1, 0.15) is 5.75 Å². The summed E-state index contributed by atoms with van der Waals surface area (Å²) in [5.41, 5.74) is 1.83. The highest BCUT2D eigenvalue weighted by atomic mass is 32.2. The smallest absolute Gasteiger partial charge is 0.248 e. The zero-order valence-corrected chi connectivity index (χ0v) is 17.7.